The van der Waals surface area contributed by atoms with E-state index in [0.717, 1.165) is 0 Å². The predicted molar refractivity (Wildman–Crippen MR) is 124 cm³/mol. The van der Waals surface area contributed by atoms with Crippen molar-refractivity contribution in [3.63, 3.8) is 0 Å². The number of anilines is 1. The monoisotopic (exact) mass is 508 g/mol. The fourth-order valence-electron chi connectivity index (χ4n) is 2.87. The van der Waals surface area contributed by atoms with Crippen molar-refractivity contribution in [2.45, 2.75) is 13.8 Å². The summed E-state index contributed by atoms with van der Waals surface area (Å²) in [7, 11) is 0. The van der Waals surface area contributed by atoms with Crippen LogP contribution in [0.4, 0.5) is 5.69 Å². The van der Waals surface area contributed by atoms with Crippen LogP contribution < -0.4 is 19.7 Å². The predicted octanol–water partition coefficient (Wildman–Crippen LogP) is 4.73. The maximum atomic E-state index is 13.2. The third kappa shape index (κ3) is 4.66. The highest BCUT2D eigenvalue weighted by atomic mass is 79.9. The largest absolute Gasteiger partial charge is 0.493 e. The number of thiocarbonyl (C=S) groups is 1. The minimum atomic E-state index is -0.587. The molecule has 0 aliphatic carbocycles. The zero-order valence-electron chi connectivity index (χ0n) is 16.2. The molecule has 0 atom stereocenters. The van der Waals surface area contributed by atoms with Gasteiger partial charge < -0.3 is 9.47 Å². The molecule has 6 nitrogen and oxygen atoms in total. The molecule has 2 amide bonds. The highest BCUT2D eigenvalue weighted by Crippen LogP contribution is 2.35. The number of halogens is 2. The Morgan fingerprint density at radius 1 is 1.13 bits per heavy atom. The van der Waals surface area contributed by atoms with Crippen molar-refractivity contribution < 1.29 is 19.1 Å². The van der Waals surface area contributed by atoms with Crippen LogP contribution in [0.1, 0.15) is 19.4 Å². The lowest BCUT2D eigenvalue weighted by molar-refractivity contribution is -0.122. The van der Waals surface area contributed by atoms with Crippen LogP contribution in [0.3, 0.4) is 0 Å². The first-order valence-electron chi connectivity index (χ1n) is 9.11. The molecule has 1 heterocycles. The molecule has 2 aromatic carbocycles. The van der Waals surface area contributed by atoms with Crippen LogP contribution in [0.2, 0.25) is 5.02 Å². The van der Waals surface area contributed by atoms with Crippen LogP contribution in [0.5, 0.6) is 11.5 Å². The third-order valence-corrected chi connectivity index (χ3v) is 5.27. The molecule has 1 aliphatic heterocycles. The van der Waals surface area contributed by atoms with Crippen LogP contribution in [0.25, 0.3) is 6.08 Å². The van der Waals surface area contributed by atoms with E-state index in [1.165, 1.54) is 11.0 Å². The van der Waals surface area contributed by atoms with Crippen molar-refractivity contribution in [1.29, 1.82) is 0 Å². The van der Waals surface area contributed by atoms with Gasteiger partial charge in [-0.05, 0) is 72.3 Å². The van der Waals surface area contributed by atoms with Gasteiger partial charge in [0.2, 0.25) is 0 Å². The van der Waals surface area contributed by atoms with Crippen molar-refractivity contribution in [3.05, 3.63) is 57.0 Å². The molecule has 0 radical (unpaired) electrons. The summed E-state index contributed by atoms with van der Waals surface area (Å²) in [6.07, 6.45) is 1.47. The normalized spacial score (nSPS) is 15.4. The summed E-state index contributed by atoms with van der Waals surface area (Å²) in [6.45, 7) is 4.61. The smallest absolute Gasteiger partial charge is 0.270 e. The first kappa shape index (κ1) is 22.3. The van der Waals surface area contributed by atoms with E-state index in [9.17, 15) is 9.59 Å². The molecule has 1 aliphatic rings. The molecule has 156 valence electrons. The third-order valence-electron chi connectivity index (χ3n) is 4.13. The Hall–Kier alpha value is -2.42. The summed E-state index contributed by atoms with van der Waals surface area (Å²) in [5.74, 6) is -0.0573. The number of benzene rings is 2. The number of nitrogens with zero attached hydrogens (tertiary/aromatic N) is 1. The molecule has 0 spiro atoms. The molecule has 0 aromatic heterocycles. The highest BCUT2D eigenvalue weighted by Gasteiger charge is 2.34. The number of hydrogen-bond acceptors (Lipinski definition) is 5. The van der Waals surface area contributed by atoms with Gasteiger partial charge in [-0.2, -0.15) is 0 Å². The number of amides is 2. The maximum Gasteiger partial charge on any atom is 0.270 e. The van der Waals surface area contributed by atoms with Gasteiger partial charge in [-0.1, -0.05) is 17.7 Å². The minimum absolute atomic E-state index is 0.0117. The minimum Gasteiger partial charge on any atom is -0.493 e. The van der Waals surface area contributed by atoms with Crippen LogP contribution in [0.15, 0.2) is 46.4 Å². The number of carbonyl (C=O) groups excluding carboxylic acids is 2. The van der Waals surface area contributed by atoms with Gasteiger partial charge in [-0.25, -0.2) is 0 Å². The highest BCUT2D eigenvalue weighted by molar-refractivity contribution is 9.10. The molecule has 1 N–H and O–H groups in total. The Morgan fingerprint density at radius 2 is 1.83 bits per heavy atom. The fraction of sp³-hybridized carbons (Fsp3) is 0.190. The van der Waals surface area contributed by atoms with Crippen LogP contribution in [-0.2, 0) is 9.59 Å². The summed E-state index contributed by atoms with van der Waals surface area (Å²) >= 11 is 14.7. The van der Waals surface area contributed by atoms with Crippen LogP contribution >= 0.6 is 39.7 Å². The Morgan fingerprint density at radius 3 is 2.50 bits per heavy atom. The maximum absolute atomic E-state index is 13.2. The summed E-state index contributed by atoms with van der Waals surface area (Å²) in [4.78, 5) is 27.0. The molecule has 0 saturated carbocycles. The van der Waals surface area contributed by atoms with Gasteiger partial charge in [0.05, 0.1) is 23.4 Å². The molecular weight excluding hydrogens is 492 g/mol. The van der Waals surface area contributed by atoms with Gasteiger partial charge in [0.25, 0.3) is 11.8 Å². The fourth-order valence-corrected chi connectivity index (χ4v) is 3.81. The second kappa shape index (κ2) is 9.59. The molecule has 0 unspecified atom stereocenters. The van der Waals surface area contributed by atoms with E-state index in [-0.39, 0.29) is 10.7 Å². The summed E-state index contributed by atoms with van der Waals surface area (Å²) in [5.41, 5.74) is 0.923. The molecule has 2 aromatic rings. The molecule has 3 rings (SSSR count). The quantitative estimate of drug-likeness (QED) is 0.346. The van der Waals surface area contributed by atoms with Crippen molar-refractivity contribution in [1.82, 2.24) is 5.32 Å². The Balaban J connectivity index is 2.07. The van der Waals surface area contributed by atoms with Crippen molar-refractivity contribution >= 4 is 68.4 Å². The van der Waals surface area contributed by atoms with Gasteiger partial charge in [-0.15, -0.1) is 0 Å². The van der Waals surface area contributed by atoms with Gasteiger partial charge in [-0.3, -0.25) is 19.8 Å². The zero-order valence-corrected chi connectivity index (χ0v) is 19.4. The molecule has 9 heteroatoms. The number of ether oxygens (including phenoxy) is 2. The second-order valence-corrected chi connectivity index (χ2v) is 7.80. The van der Waals surface area contributed by atoms with E-state index in [2.05, 4.69) is 21.2 Å². The molecule has 1 fully saturated rings. The summed E-state index contributed by atoms with van der Waals surface area (Å²) < 4.78 is 11.9. The Kier molecular flexibility index (Phi) is 7.12. The van der Waals surface area contributed by atoms with E-state index < -0.39 is 11.8 Å². The molecular formula is C21H18BrClN2O4S. The van der Waals surface area contributed by atoms with Crippen molar-refractivity contribution in [2.24, 2.45) is 0 Å². The Bertz CT molecular complexity index is 1060. The van der Waals surface area contributed by atoms with Gasteiger partial charge in [0.15, 0.2) is 5.11 Å². The van der Waals surface area contributed by atoms with E-state index in [0.29, 0.717) is 45.5 Å². The van der Waals surface area contributed by atoms with Crippen molar-refractivity contribution in [3.8, 4) is 11.5 Å². The standard InChI is InChI=1S/C21H18BrClN2O4S/c1-3-28-17-11-18(29-4-2)16(22)9-12(17)8-15-19(26)24-21(30)25(20(15)27)14-7-5-6-13(23)10-14/h5-11H,3-4H2,1-2H3,(H,24,26,30)/b15-8-. The van der Waals surface area contributed by atoms with Crippen LogP contribution in [0, 0.1) is 0 Å². The number of nitrogens with one attached hydrogen (secondary N) is 1. The van der Waals surface area contributed by atoms with Crippen molar-refractivity contribution in [2.75, 3.05) is 18.1 Å². The average molecular weight is 510 g/mol. The topological polar surface area (TPSA) is 67.9 Å². The van der Waals surface area contributed by atoms with Gasteiger partial charge in [0.1, 0.15) is 17.1 Å². The molecule has 30 heavy (non-hydrogen) atoms. The van der Waals surface area contributed by atoms with E-state index in [1.807, 2.05) is 13.8 Å². The first-order valence-corrected chi connectivity index (χ1v) is 10.7. The first-order chi connectivity index (χ1) is 14.3. The second-order valence-electron chi connectivity index (χ2n) is 6.12. The molecule has 1 saturated heterocycles. The van der Waals surface area contributed by atoms with E-state index in [1.54, 1.807) is 36.4 Å². The van der Waals surface area contributed by atoms with Gasteiger partial charge in [0, 0.05) is 16.7 Å². The SMILES string of the molecule is CCOc1cc(OCC)c(/C=C2/C(=O)NC(=S)N(c3cccc(Cl)c3)C2=O)cc1Br. The average Bonchev–Trinajstić information content (AvgIpc) is 2.68. The lowest BCUT2D eigenvalue weighted by Crippen LogP contribution is -2.54. The number of hydrogen-bond donors (Lipinski definition) is 1. The van der Waals surface area contributed by atoms with E-state index in [4.69, 9.17) is 33.3 Å². The Labute approximate surface area is 192 Å². The lowest BCUT2D eigenvalue weighted by Gasteiger charge is -2.29. The molecule has 0 bridgehead atoms. The van der Waals surface area contributed by atoms with Gasteiger partial charge >= 0.3 is 0 Å². The van der Waals surface area contributed by atoms with Crippen LogP contribution in [-0.4, -0.2) is 30.1 Å². The summed E-state index contributed by atoms with van der Waals surface area (Å²) in [5, 5.41) is 2.99. The number of carbonyl (C=O) groups is 2. The lowest BCUT2D eigenvalue weighted by atomic mass is 10.1. The number of rotatable bonds is 6. The van der Waals surface area contributed by atoms with E-state index >= 15 is 0 Å². The zero-order chi connectivity index (χ0) is 21.8. The summed E-state index contributed by atoms with van der Waals surface area (Å²) in [6, 6.07) is 10.1.